The highest BCUT2D eigenvalue weighted by Crippen LogP contribution is 2.34. The quantitative estimate of drug-likeness (QED) is 0.753. The Kier molecular flexibility index (Phi) is 5.73. The lowest BCUT2D eigenvalue weighted by Crippen LogP contribution is -2.27. The third-order valence-electron chi connectivity index (χ3n) is 5.25. The third kappa shape index (κ3) is 5.09. The lowest BCUT2D eigenvalue weighted by atomic mass is 9.82. The first-order valence-electron chi connectivity index (χ1n) is 8.24. The maximum atomic E-state index is 12.1. The molecular weight excluding hydrogens is 256 g/mol. The van der Waals surface area contributed by atoms with E-state index in [9.17, 15) is 8.42 Å². The highest BCUT2D eigenvalue weighted by molar-refractivity contribution is 7.91. The van der Waals surface area contributed by atoms with Crippen LogP contribution in [0, 0.1) is 11.8 Å². The normalized spacial score (nSPS) is 23.9. The Morgan fingerprint density at radius 1 is 0.789 bits per heavy atom. The highest BCUT2D eigenvalue weighted by atomic mass is 32.2. The summed E-state index contributed by atoms with van der Waals surface area (Å²) in [5.74, 6) is 1.36. The van der Waals surface area contributed by atoms with Crippen molar-refractivity contribution < 1.29 is 8.42 Å². The molecule has 0 bridgehead atoms. The van der Waals surface area contributed by atoms with Crippen molar-refractivity contribution in [3.63, 3.8) is 0 Å². The van der Waals surface area contributed by atoms with E-state index in [-0.39, 0.29) is 5.25 Å². The SMILES string of the molecule is CS(=O)(=O)C(CC1CCCCC1)CC1CCCCC1. The highest BCUT2D eigenvalue weighted by Gasteiger charge is 2.29. The Morgan fingerprint density at radius 3 is 1.47 bits per heavy atom. The average molecular weight is 286 g/mol. The Morgan fingerprint density at radius 2 is 1.16 bits per heavy atom. The van der Waals surface area contributed by atoms with Crippen LogP contribution in [0.5, 0.6) is 0 Å². The van der Waals surface area contributed by atoms with Crippen molar-refractivity contribution in [1.82, 2.24) is 0 Å². The monoisotopic (exact) mass is 286 g/mol. The van der Waals surface area contributed by atoms with Crippen molar-refractivity contribution in [3.8, 4) is 0 Å². The molecule has 2 rings (SSSR count). The summed E-state index contributed by atoms with van der Waals surface area (Å²) in [5.41, 5.74) is 0. The van der Waals surface area contributed by atoms with Crippen molar-refractivity contribution in [3.05, 3.63) is 0 Å². The fourth-order valence-corrected chi connectivity index (χ4v) is 5.28. The largest absolute Gasteiger partial charge is 0.229 e. The van der Waals surface area contributed by atoms with Gasteiger partial charge < -0.3 is 0 Å². The van der Waals surface area contributed by atoms with Gasteiger partial charge in [-0.3, -0.25) is 0 Å². The predicted molar refractivity (Wildman–Crippen MR) is 81.0 cm³/mol. The number of hydrogen-bond donors (Lipinski definition) is 0. The first kappa shape index (κ1) is 15.3. The molecule has 2 saturated carbocycles. The molecule has 0 atom stereocenters. The van der Waals surface area contributed by atoms with Gasteiger partial charge in [0.15, 0.2) is 0 Å². The zero-order chi connectivity index (χ0) is 13.7. The van der Waals surface area contributed by atoms with E-state index in [0.29, 0.717) is 11.8 Å². The molecule has 2 fully saturated rings. The van der Waals surface area contributed by atoms with Crippen molar-refractivity contribution in [2.24, 2.45) is 11.8 Å². The van der Waals surface area contributed by atoms with Crippen molar-refractivity contribution in [2.45, 2.75) is 82.3 Å². The summed E-state index contributed by atoms with van der Waals surface area (Å²) < 4.78 is 24.2. The molecule has 0 N–H and O–H groups in total. The van der Waals surface area contributed by atoms with Gasteiger partial charge >= 0.3 is 0 Å². The number of rotatable bonds is 5. The van der Waals surface area contributed by atoms with E-state index in [1.165, 1.54) is 70.5 Å². The molecular formula is C16H30O2S. The summed E-state index contributed by atoms with van der Waals surface area (Å²) in [6.45, 7) is 0. The van der Waals surface area contributed by atoms with Gasteiger partial charge in [-0.25, -0.2) is 8.42 Å². The first-order valence-corrected chi connectivity index (χ1v) is 10.2. The summed E-state index contributed by atoms with van der Waals surface area (Å²) in [6, 6.07) is 0. The van der Waals surface area contributed by atoms with Crippen LogP contribution in [0.3, 0.4) is 0 Å². The molecule has 0 aromatic rings. The standard InChI is InChI=1S/C16H30O2S/c1-19(17,18)16(12-14-8-4-2-5-9-14)13-15-10-6-3-7-11-15/h14-16H,2-13H2,1H3. The maximum absolute atomic E-state index is 12.1. The number of sulfone groups is 1. The van der Waals surface area contributed by atoms with Crippen LogP contribution in [0.2, 0.25) is 0 Å². The topological polar surface area (TPSA) is 34.1 Å². The lowest BCUT2D eigenvalue weighted by Gasteiger charge is -2.29. The van der Waals surface area contributed by atoms with Crippen molar-refractivity contribution in [1.29, 1.82) is 0 Å². The molecule has 112 valence electrons. The van der Waals surface area contributed by atoms with E-state index in [4.69, 9.17) is 0 Å². The number of hydrogen-bond acceptors (Lipinski definition) is 2. The van der Waals surface area contributed by atoms with Crippen LogP contribution in [0.1, 0.15) is 77.0 Å². The second kappa shape index (κ2) is 7.10. The van der Waals surface area contributed by atoms with E-state index in [1.807, 2.05) is 0 Å². The van der Waals surface area contributed by atoms with E-state index in [2.05, 4.69) is 0 Å². The smallest absolute Gasteiger partial charge is 0.150 e. The molecule has 2 aliphatic rings. The Labute approximate surface area is 119 Å². The minimum absolute atomic E-state index is 0.0568. The fraction of sp³-hybridized carbons (Fsp3) is 1.00. The van der Waals surface area contributed by atoms with Gasteiger partial charge in [0.05, 0.1) is 5.25 Å². The van der Waals surface area contributed by atoms with Crippen LogP contribution in [0.4, 0.5) is 0 Å². The van der Waals surface area contributed by atoms with E-state index in [0.717, 1.165) is 12.8 Å². The van der Waals surface area contributed by atoms with Crippen LogP contribution in [0.25, 0.3) is 0 Å². The van der Waals surface area contributed by atoms with Gasteiger partial charge in [-0.2, -0.15) is 0 Å². The third-order valence-corrected chi connectivity index (χ3v) is 6.84. The Hall–Kier alpha value is -0.0500. The molecule has 19 heavy (non-hydrogen) atoms. The van der Waals surface area contributed by atoms with E-state index >= 15 is 0 Å². The van der Waals surface area contributed by atoms with Crippen molar-refractivity contribution in [2.75, 3.05) is 6.26 Å². The molecule has 3 heteroatoms. The van der Waals surface area contributed by atoms with Crippen molar-refractivity contribution >= 4 is 9.84 Å². The van der Waals surface area contributed by atoms with E-state index in [1.54, 1.807) is 0 Å². The van der Waals surface area contributed by atoms with Crippen LogP contribution < -0.4 is 0 Å². The molecule has 0 spiro atoms. The van der Waals surface area contributed by atoms with Gasteiger partial charge in [0.2, 0.25) is 0 Å². The van der Waals surface area contributed by atoms with Crippen LogP contribution >= 0.6 is 0 Å². The zero-order valence-corrected chi connectivity index (χ0v) is 13.3. The van der Waals surface area contributed by atoms with Crippen LogP contribution in [0.15, 0.2) is 0 Å². The van der Waals surface area contributed by atoms with Gasteiger partial charge in [-0.1, -0.05) is 64.2 Å². The molecule has 0 radical (unpaired) electrons. The van der Waals surface area contributed by atoms with Crippen LogP contribution in [-0.4, -0.2) is 19.9 Å². The molecule has 0 saturated heterocycles. The van der Waals surface area contributed by atoms with E-state index < -0.39 is 9.84 Å². The molecule has 0 aromatic carbocycles. The molecule has 0 heterocycles. The molecule has 2 nitrogen and oxygen atoms in total. The minimum atomic E-state index is -2.86. The first-order chi connectivity index (χ1) is 9.05. The van der Waals surface area contributed by atoms with Crippen LogP contribution in [-0.2, 0) is 9.84 Å². The van der Waals surface area contributed by atoms with Gasteiger partial charge in [0.1, 0.15) is 9.84 Å². The van der Waals surface area contributed by atoms with Gasteiger partial charge in [-0.15, -0.1) is 0 Å². The molecule has 0 aliphatic heterocycles. The summed E-state index contributed by atoms with van der Waals surface area (Å²) in [7, 11) is -2.86. The zero-order valence-electron chi connectivity index (χ0n) is 12.4. The second-order valence-corrected chi connectivity index (χ2v) is 9.26. The fourth-order valence-electron chi connectivity index (χ4n) is 4.04. The molecule has 0 unspecified atom stereocenters. The average Bonchev–Trinajstić information content (AvgIpc) is 2.39. The summed E-state index contributed by atoms with van der Waals surface area (Å²) in [6.07, 6.45) is 16.3. The Bertz CT molecular complexity index is 329. The molecule has 0 aromatic heterocycles. The maximum Gasteiger partial charge on any atom is 0.150 e. The Balaban J connectivity index is 1.91. The summed E-state index contributed by atoms with van der Waals surface area (Å²) in [5, 5.41) is -0.0568. The molecule has 2 aliphatic carbocycles. The predicted octanol–water partition coefficient (Wildman–Crippen LogP) is 4.34. The second-order valence-electron chi connectivity index (χ2n) is 6.93. The summed E-state index contributed by atoms with van der Waals surface area (Å²) >= 11 is 0. The minimum Gasteiger partial charge on any atom is -0.229 e. The van der Waals surface area contributed by atoms with Gasteiger partial charge in [-0.05, 0) is 24.7 Å². The van der Waals surface area contributed by atoms with Gasteiger partial charge in [0, 0.05) is 6.26 Å². The summed E-state index contributed by atoms with van der Waals surface area (Å²) in [4.78, 5) is 0. The molecule has 0 amide bonds. The lowest BCUT2D eigenvalue weighted by molar-refractivity contribution is 0.292. The van der Waals surface area contributed by atoms with Gasteiger partial charge in [0.25, 0.3) is 0 Å².